The maximum Gasteiger partial charge on any atom is 0.0942 e. The van der Waals surface area contributed by atoms with Crippen molar-refractivity contribution in [2.75, 3.05) is 20.1 Å². The third-order valence-electron chi connectivity index (χ3n) is 5.63. The van der Waals surface area contributed by atoms with Gasteiger partial charge in [0.25, 0.3) is 0 Å². The Kier molecular flexibility index (Phi) is 4.34. The van der Waals surface area contributed by atoms with E-state index in [9.17, 15) is 5.11 Å². The first-order chi connectivity index (χ1) is 10.1. The number of likely N-dealkylation sites (N-methyl/N-ethyl adjacent to an activating group) is 1. The fraction of sp³-hybridized carbons (Fsp3) is 0.667. The molecule has 3 rings (SSSR count). The van der Waals surface area contributed by atoms with Gasteiger partial charge in [-0.25, -0.2) is 0 Å². The molecule has 3 nitrogen and oxygen atoms in total. The average Bonchev–Trinajstić information content (AvgIpc) is 2.71. The van der Waals surface area contributed by atoms with Crippen LogP contribution in [0.1, 0.15) is 43.4 Å². The van der Waals surface area contributed by atoms with Crippen molar-refractivity contribution in [3.05, 3.63) is 35.4 Å². The summed E-state index contributed by atoms with van der Waals surface area (Å²) in [6.45, 7) is 6.46. The van der Waals surface area contributed by atoms with Gasteiger partial charge in [-0.1, -0.05) is 29.8 Å². The topological polar surface area (TPSA) is 26.7 Å². The Morgan fingerprint density at radius 3 is 2.48 bits per heavy atom. The Morgan fingerprint density at radius 1 is 1.10 bits per heavy atom. The third kappa shape index (κ3) is 3.01. The van der Waals surface area contributed by atoms with Gasteiger partial charge >= 0.3 is 0 Å². The molecule has 0 saturated carbocycles. The molecule has 2 bridgehead atoms. The molecule has 2 saturated heterocycles. The molecule has 1 aromatic carbocycles. The first-order valence-electron chi connectivity index (χ1n) is 8.27. The summed E-state index contributed by atoms with van der Waals surface area (Å²) in [7, 11) is 2.27. The smallest absolute Gasteiger partial charge is 0.0942 e. The predicted octanol–water partition coefficient (Wildman–Crippen LogP) is 2.59. The van der Waals surface area contributed by atoms with E-state index in [0.29, 0.717) is 6.04 Å². The van der Waals surface area contributed by atoms with E-state index in [2.05, 4.69) is 55.0 Å². The lowest BCUT2D eigenvalue weighted by Crippen LogP contribution is -2.43. The predicted molar refractivity (Wildman–Crippen MR) is 86.4 cm³/mol. The van der Waals surface area contributed by atoms with Crippen molar-refractivity contribution in [1.82, 2.24) is 9.80 Å². The Balaban J connectivity index is 1.69. The van der Waals surface area contributed by atoms with Crippen LogP contribution in [0, 0.1) is 6.92 Å². The van der Waals surface area contributed by atoms with Crippen LogP contribution in [0.4, 0.5) is 0 Å². The molecule has 21 heavy (non-hydrogen) atoms. The van der Waals surface area contributed by atoms with Crippen LogP contribution in [-0.2, 0) is 0 Å². The number of aliphatic hydroxyl groups is 1. The van der Waals surface area contributed by atoms with Crippen LogP contribution in [0.5, 0.6) is 0 Å². The highest BCUT2D eigenvalue weighted by Crippen LogP contribution is 2.31. The largest absolute Gasteiger partial charge is 0.387 e. The lowest BCUT2D eigenvalue weighted by molar-refractivity contribution is 0.0527. The van der Waals surface area contributed by atoms with Gasteiger partial charge in [-0.3, -0.25) is 9.80 Å². The van der Waals surface area contributed by atoms with Gasteiger partial charge in [0.2, 0.25) is 0 Å². The minimum absolute atomic E-state index is 0.181. The monoisotopic (exact) mass is 288 g/mol. The molecule has 0 spiro atoms. The minimum Gasteiger partial charge on any atom is -0.387 e. The van der Waals surface area contributed by atoms with Gasteiger partial charge in [0.05, 0.1) is 6.10 Å². The maximum atomic E-state index is 10.7. The van der Waals surface area contributed by atoms with E-state index in [1.165, 1.54) is 24.8 Å². The first kappa shape index (κ1) is 15.0. The van der Waals surface area contributed by atoms with E-state index in [-0.39, 0.29) is 6.04 Å². The van der Waals surface area contributed by atoms with Crippen molar-refractivity contribution < 1.29 is 5.11 Å². The van der Waals surface area contributed by atoms with Crippen molar-refractivity contribution in [3.8, 4) is 0 Å². The summed E-state index contributed by atoms with van der Waals surface area (Å²) < 4.78 is 0. The summed E-state index contributed by atoms with van der Waals surface area (Å²) >= 11 is 0. The molecule has 2 heterocycles. The molecule has 4 unspecified atom stereocenters. The number of benzene rings is 1. The number of hydrogen-bond donors (Lipinski definition) is 1. The number of aryl methyl sites for hydroxylation is 1. The Hall–Kier alpha value is -0.900. The van der Waals surface area contributed by atoms with E-state index in [4.69, 9.17) is 0 Å². The first-order valence-corrected chi connectivity index (χ1v) is 8.27. The molecule has 2 aliphatic rings. The zero-order chi connectivity index (χ0) is 15.0. The Morgan fingerprint density at radius 2 is 1.76 bits per heavy atom. The molecule has 2 fully saturated rings. The number of fused-ring (bicyclic) bond motifs is 2. The fourth-order valence-electron chi connectivity index (χ4n) is 3.95. The third-order valence-corrected chi connectivity index (χ3v) is 5.63. The SMILES string of the molecule is Cc1ccc(C(O)C(C)N2CCC3CCC(C2)N3C)cc1. The van der Waals surface area contributed by atoms with Gasteiger partial charge in [-0.15, -0.1) is 0 Å². The molecule has 1 N–H and O–H groups in total. The zero-order valence-corrected chi connectivity index (χ0v) is 13.5. The lowest BCUT2D eigenvalue weighted by atomic mass is 9.99. The Labute approximate surface area is 128 Å². The van der Waals surface area contributed by atoms with Crippen molar-refractivity contribution in [3.63, 3.8) is 0 Å². The van der Waals surface area contributed by atoms with Crippen molar-refractivity contribution in [2.24, 2.45) is 0 Å². The normalized spacial score (nSPS) is 30.1. The van der Waals surface area contributed by atoms with Gasteiger partial charge in [0, 0.05) is 31.2 Å². The average molecular weight is 288 g/mol. The zero-order valence-electron chi connectivity index (χ0n) is 13.5. The van der Waals surface area contributed by atoms with Crippen LogP contribution in [-0.4, -0.2) is 53.2 Å². The molecule has 4 atom stereocenters. The number of likely N-dealkylation sites (tertiary alicyclic amines) is 1. The van der Waals surface area contributed by atoms with Crippen molar-refractivity contribution in [2.45, 2.75) is 57.3 Å². The quantitative estimate of drug-likeness (QED) is 0.926. The van der Waals surface area contributed by atoms with E-state index in [0.717, 1.165) is 24.7 Å². The van der Waals surface area contributed by atoms with Crippen LogP contribution in [0.3, 0.4) is 0 Å². The highest BCUT2D eigenvalue weighted by atomic mass is 16.3. The summed E-state index contributed by atoms with van der Waals surface area (Å²) in [4.78, 5) is 5.05. The van der Waals surface area contributed by atoms with E-state index < -0.39 is 6.10 Å². The number of aliphatic hydroxyl groups excluding tert-OH is 1. The number of nitrogens with zero attached hydrogens (tertiary/aromatic N) is 2. The van der Waals surface area contributed by atoms with Crippen LogP contribution >= 0.6 is 0 Å². The molecule has 1 aromatic rings. The van der Waals surface area contributed by atoms with Gasteiger partial charge in [0.1, 0.15) is 0 Å². The van der Waals surface area contributed by atoms with Gasteiger partial charge < -0.3 is 5.11 Å². The molecule has 0 amide bonds. The van der Waals surface area contributed by atoms with Gasteiger partial charge in [-0.2, -0.15) is 0 Å². The van der Waals surface area contributed by atoms with E-state index in [1.807, 2.05) is 0 Å². The summed E-state index contributed by atoms with van der Waals surface area (Å²) in [5.41, 5.74) is 2.28. The van der Waals surface area contributed by atoms with E-state index in [1.54, 1.807) is 0 Å². The molecular weight excluding hydrogens is 260 g/mol. The molecule has 2 aliphatic heterocycles. The highest BCUT2D eigenvalue weighted by Gasteiger charge is 2.37. The second kappa shape index (κ2) is 6.07. The summed E-state index contributed by atoms with van der Waals surface area (Å²) in [5.74, 6) is 0. The minimum atomic E-state index is -0.396. The maximum absolute atomic E-state index is 10.7. The van der Waals surface area contributed by atoms with Crippen molar-refractivity contribution >= 4 is 0 Å². The highest BCUT2D eigenvalue weighted by molar-refractivity contribution is 5.24. The number of rotatable bonds is 3. The van der Waals surface area contributed by atoms with Gasteiger partial charge in [-0.05, 0) is 45.7 Å². The molecule has 0 radical (unpaired) electrons. The van der Waals surface area contributed by atoms with E-state index >= 15 is 0 Å². The second-order valence-corrected chi connectivity index (χ2v) is 6.93. The molecular formula is C18H28N2O. The second-order valence-electron chi connectivity index (χ2n) is 6.93. The van der Waals surface area contributed by atoms with Crippen LogP contribution in [0.25, 0.3) is 0 Å². The molecule has 0 aliphatic carbocycles. The summed E-state index contributed by atoms with van der Waals surface area (Å²) in [5, 5.41) is 10.7. The standard InChI is InChI=1S/C18H28N2O/c1-13-4-6-15(7-5-13)18(21)14(2)20-11-10-16-8-9-17(12-20)19(16)3/h4-7,14,16-18,21H,8-12H2,1-3H3. The number of hydrogen-bond acceptors (Lipinski definition) is 3. The van der Waals surface area contributed by atoms with Crippen molar-refractivity contribution in [1.29, 1.82) is 0 Å². The van der Waals surface area contributed by atoms with Crippen LogP contribution in [0.15, 0.2) is 24.3 Å². The van der Waals surface area contributed by atoms with Crippen LogP contribution < -0.4 is 0 Å². The summed E-state index contributed by atoms with van der Waals surface area (Å²) in [6, 6.07) is 9.90. The molecule has 0 aromatic heterocycles. The molecule has 116 valence electrons. The lowest BCUT2D eigenvalue weighted by Gasteiger charge is -2.34. The summed E-state index contributed by atoms with van der Waals surface area (Å²) in [6.07, 6.45) is 3.50. The van der Waals surface area contributed by atoms with Gasteiger partial charge in [0.15, 0.2) is 0 Å². The fourth-order valence-corrected chi connectivity index (χ4v) is 3.95. The van der Waals surface area contributed by atoms with Crippen LogP contribution in [0.2, 0.25) is 0 Å². The Bertz CT molecular complexity index is 473. The molecule has 3 heteroatoms.